The minimum Gasteiger partial charge on any atom is -0.322 e. The van der Waals surface area contributed by atoms with Crippen molar-refractivity contribution >= 4 is 38.9 Å². The summed E-state index contributed by atoms with van der Waals surface area (Å²) in [6.45, 7) is 1.41. The van der Waals surface area contributed by atoms with E-state index in [1.165, 1.54) is 25.1 Å². The minimum absolute atomic E-state index is 0.117. The Morgan fingerprint density at radius 2 is 1.77 bits per heavy atom. The quantitative estimate of drug-likeness (QED) is 0.525. The first-order chi connectivity index (χ1) is 14.0. The van der Waals surface area contributed by atoms with E-state index in [2.05, 4.69) is 20.2 Å². The topological polar surface area (TPSA) is 104 Å². The molecule has 12 heteroatoms. The van der Waals surface area contributed by atoms with Gasteiger partial charge in [-0.3, -0.25) is 14.6 Å². The van der Waals surface area contributed by atoms with Crippen LogP contribution in [0.15, 0.2) is 53.6 Å². The van der Waals surface area contributed by atoms with Gasteiger partial charge in [0.05, 0.1) is 10.6 Å². The number of nitrogens with zero attached hydrogens (tertiary/aromatic N) is 1. The molecule has 3 N–H and O–H groups in total. The zero-order chi connectivity index (χ0) is 22.1. The second-order valence-electron chi connectivity index (χ2n) is 6.15. The van der Waals surface area contributed by atoms with Crippen molar-refractivity contribution in [2.75, 3.05) is 10.0 Å². The van der Waals surface area contributed by atoms with E-state index in [0.717, 1.165) is 6.07 Å². The number of carbonyl (C=O) groups excluding carboxylic acids is 1. The van der Waals surface area contributed by atoms with Gasteiger partial charge in [0, 0.05) is 17.1 Å². The van der Waals surface area contributed by atoms with Crippen molar-refractivity contribution in [3.8, 4) is 0 Å². The average molecular weight is 459 g/mol. The van der Waals surface area contributed by atoms with Crippen LogP contribution in [0.5, 0.6) is 0 Å². The number of alkyl halides is 3. The number of rotatable bonds is 5. The van der Waals surface area contributed by atoms with E-state index in [-0.39, 0.29) is 22.6 Å². The van der Waals surface area contributed by atoms with Gasteiger partial charge in [-0.05, 0) is 37.3 Å². The lowest BCUT2D eigenvalue weighted by molar-refractivity contribution is -0.137. The van der Waals surface area contributed by atoms with Crippen LogP contribution in [0.1, 0.15) is 21.6 Å². The molecule has 0 fully saturated rings. The Morgan fingerprint density at radius 1 is 1.10 bits per heavy atom. The third-order valence-electron chi connectivity index (χ3n) is 3.95. The number of H-pyrrole nitrogens is 1. The first kappa shape index (κ1) is 21.7. The third-order valence-corrected chi connectivity index (χ3v) is 5.59. The van der Waals surface area contributed by atoms with E-state index in [1.54, 1.807) is 18.2 Å². The van der Waals surface area contributed by atoms with Gasteiger partial charge >= 0.3 is 6.18 Å². The summed E-state index contributed by atoms with van der Waals surface area (Å²) in [5, 5.41) is 7.22. The number of aromatic nitrogens is 2. The monoisotopic (exact) mass is 458 g/mol. The summed E-state index contributed by atoms with van der Waals surface area (Å²) < 4.78 is 66.7. The number of amides is 1. The number of hydrogen-bond donors (Lipinski definition) is 3. The van der Waals surface area contributed by atoms with Crippen LogP contribution in [-0.4, -0.2) is 24.5 Å². The number of halogens is 4. The summed E-state index contributed by atoms with van der Waals surface area (Å²) in [7, 11) is -4.25. The highest BCUT2D eigenvalue weighted by Crippen LogP contribution is 2.36. The Labute approximate surface area is 174 Å². The largest absolute Gasteiger partial charge is 0.417 e. The number of aromatic amines is 1. The van der Waals surface area contributed by atoms with E-state index in [4.69, 9.17) is 11.6 Å². The third kappa shape index (κ3) is 4.57. The Balaban J connectivity index is 1.92. The highest BCUT2D eigenvalue weighted by molar-refractivity contribution is 7.92. The predicted molar refractivity (Wildman–Crippen MR) is 105 cm³/mol. The van der Waals surface area contributed by atoms with Crippen LogP contribution in [-0.2, 0) is 16.2 Å². The number of carbonyl (C=O) groups is 1. The van der Waals surface area contributed by atoms with Crippen LogP contribution < -0.4 is 10.0 Å². The van der Waals surface area contributed by atoms with Gasteiger partial charge in [-0.1, -0.05) is 29.8 Å². The first-order valence-corrected chi connectivity index (χ1v) is 10.2. The molecule has 1 heterocycles. The van der Waals surface area contributed by atoms with E-state index < -0.39 is 37.7 Å². The molecule has 158 valence electrons. The molecule has 0 saturated heterocycles. The number of hydrogen-bond acceptors (Lipinski definition) is 4. The molecule has 1 amide bonds. The van der Waals surface area contributed by atoms with Crippen LogP contribution in [0, 0.1) is 6.92 Å². The SMILES string of the molecule is Cc1[nH]nc(S(=O)(=O)Nc2ccccc2)c1C(=O)Nc1ccc(Cl)c(C(F)(F)F)c1. The van der Waals surface area contributed by atoms with Gasteiger partial charge in [-0.15, -0.1) is 0 Å². The van der Waals surface area contributed by atoms with Crippen molar-refractivity contribution in [2.24, 2.45) is 0 Å². The van der Waals surface area contributed by atoms with E-state index in [9.17, 15) is 26.4 Å². The molecule has 3 rings (SSSR count). The van der Waals surface area contributed by atoms with Gasteiger partial charge in [-0.2, -0.15) is 26.7 Å². The molecule has 0 saturated carbocycles. The van der Waals surface area contributed by atoms with Gasteiger partial charge in [0.25, 0.3) is 15.9 Å². The molecular weight excluding hydrogens is 445 g/mol. The van der Waals surface area contributed by atoms with E-state index in [0.29, 0.717) is 6.07 Å². The van der Waals surface area contributed by atoms with Crippen molar-refractivity contribution < 1.29 is 26.4 Å². The molecule has 7 nitrogen and oxygen atoms in total. The Morgan fingerprint density at radius 3 is 2.40 bits per heavy atom. The first-order valence-electron chi connectivity index (χ1n) is 8.30. The van der Waals surface area contributed by atoms with Crippen LogP contribution in [0.3, 0.4) is 0 Å². The van der Waals surface area contributed by atoms with Gasteiger partial charge in [0.1, 0.15) is 5.56 Å². The number of para-hydroxylation sites is 1. The highest BCUT2D eigenvalue weighted by Gasteiger charge is 2.34. The molecule has 2 aromatic carbocycles. The molecule has 0 aliphatic carbocycles. The van der Waals surface area contributed by atoms with Crippen molar-refractivity contribution in [2.45, 2.75) is 18.1 Å². The van der Waals surface area contributed by atoms with Crippen molar-refractivity contribution in [1.82, 2.24) is 10.2 Å². The van der Waals surface area contributed by atoms with Crippen LogP contribution in [0.4, 0.5) is 24.5 Å². The number of aryl methyl sites for hydroxylation is 1. The fraction of sp³-hybridized carbons (Fsp3) is 0.111. The minimum atomic E-state index is -4.72. The molecular formula is C18H14ClF3N4O3S. The summed E-state index contributed by atoms with van der Waals surface area (Å²) in [5.74, 6) is -0.954. The highest BCUT2D eigenvalue weighted by atomic mass is 35.5. The molecule has 30 heavy (non-hydrogen) atoms. The zero-order valence-electron chi connectivity index (χ0n) is 15.2. The van der Waals surface area contributed by atoms with Gasteiger partial charge < -0.3 is 5.32 Å². The Hall–Kier alpha value is -3.05. The second kappa shape index (κ2) is 8.00. The zero-order valence-corrected chi connectivity index (χ0v) is 16.8. The van der Waals surface area contributed by atoms with Crippen LogP contribution in [0.2, 0.25) is 5.02 Å². The summed E-state index contributed by atoms with van der Waals surface area (Å²) in [5.41, 5.74) is -1.31. The Bertz CT molecular complexity index is 1200. The lowest BCUT2D eigenvalue weighted by atomic mass is 10.1. The number of nitrogens with one attached hydrogen (secondary N) is 3. The predicted octanol–water partition coefficient (Wildman–Crippen LogP) is 4.44. The van der Waals surface area contributed by atoms with Crippen molar-refractivity contribution in [3.05, 3.63) is 70.4 Å². The number of benzene rings is 2. The van der Waals surface area contributed by atoms with Crippen LogP contribution >= 0.6 is 11.6 Å². The van der Waals surface area contributed by atoms with E-state index in [1.807, 2.05) is 0 Å². The van der Waals surface area contributed by atoms with Crippen molar-refractivity contribution in [1.29, 1.82) is 0 Å². The molecule has 0 aliphatic rings. The fourth-order valence-corrected chi connectivity index (χ4v) is 4.04. The lowest BCUT2D eigenvalue weighted by Crippen LogP contribution is -2.20. The molecule has 3 aromatic rings. The molecule has 1 aromatic heterocycles. The summed E-state index contributed by atoms with van der Waals surface area (Å²) in [6.07, 6.45) is -4.72. The fourth-order valence-electron chi connectivity index (χ4n) is 2.59. The summed E-state index contributed by atoms with van der Waals surface area (Å²) in [6, 6.07) is 10.7. The number of sulfonamides is 1. The smallest absolute Gasteiger partial charge is 0.322 e. The molecule has 0 spiro atoms. The maximum absolute atomic E-state index is 13.0. The van der Waals surface area contributed by atoms with Gasteiger partial charge in [0.15, 0.2) is 0 Å². The average Bonchev–Trinajstić information content (AvgIpc) is 3.05. The second-order valence-corrected chi connectivity index (χ2v) is 8.15. The summed E-state index contributed by atoms with van der Waals surface area (Å²) >= 11 is 5.57. The summed E-state index contributed by atoms with van der Waals surface area (Å²) in [4.78, 5) is 12.7. The lowest BCUT2D eigenvalue weighted by Gasteiger charge is -2.12. The van der Waals surface area contributed by atoms with Gasteiger partial charge in [0.2, 0.25) is 5.03 Å². The molecule has 0 bridgehead atoms. The normalized spacial score (nSPS) is 11.9. The van der Waals surface area contributed by atoms with Crippen molar-refractivity contribution in [3.63, 3.8) is 0 Å². The molecule has 0 radical (unpaired) electrons. The van der Waals surface area contributed by atoms with Gasteiger partial charge in [-0.25, -0.2) is 0 Å². The standard InChI is InChI=1S/C18H14ClF3N4O3S/c1-10-15(16(27)23-12-7-8-14(19)13(9-12)18(20,21)22)17(25-24-10)30(28,29)26-11-5-3-2-4-6-11/h2-9,26H,1H3,(H,23,27)(H,24,25). The maximum Gasteiger partial charge on any atom is 0.417 e. The van der Waals surface area contributed by atoms with Crippen LogP contribution in [0.25, 0.3) is 0 Å². The Kier molecular flexibility index (Phi) is 5.77. The molecule has 0 aliphatic heterocycles. The molecule has 0 atom stereocenters. The number of anilines is 2. The van der Waals surface area contributed by atoms with E-state index >= 15 is 0 Å². The molecule has 0 unspecified atom stereocenters. The maximum atomic E-state index is 13.0.